The number of hydrogen-bond acceptors (Lipinski definition) is 4. The number of oxime groups is 1. The molecule has 1 aromatic carbocycles. The molecule has 1 aromatic rings. The molecule has 0 fully saturated rings. The van der Waals surface area contributed by atoms with Gasteiger partial charge in [-0.25, -0.2) is 0 Å². The van der Waals surface area contributed by atoms with Crippen molar-refractivity contribution >= 4 is 22.1 Å². The lowest BCUT2D eigenvalue weighted by Crippen LogP contribution is -1.97. The number of methoxy groups -OCH3 is 1. The summed E-state index contributed by atoms with van der Waals surface area (Å²) in [5.74, 6) is 1.26. The van der Waals surface area contributed by atoms with Crippen LogP contribution in [0.4, 0.5) is 0 Å². The number of benzene rings is 1. The van der Waals surface area contributed by atoms with Gasteiger partial charge in [0.2, 0.25) is 0 Å². The lowest BCUT2D eigenvalue weighted by molar-refractivity contribution is 0.310. The van der Waals surface area contributed by atoms with Crippen molar-refractivity contribution < 1.29 is 14.7 Å². The number of ether oxygens (including phenoxy) is 2. The fourth-order valence-electron chi connectivity index (χ4n) is 1.14. The van der Waals surface area contributed by atoms with Gasteiger partial charge in [-0.05, 0) is 35.0 Å². The Balaban J connectivity index is 3.17. The molecule has 0 aliphatic carbocycles. The molecular formula is C10H12BrNO3. The summed E-state index contributed by atoms with van der Waals surface area (Å²) in [6.07, 6.45) is 1.33. The van der Waals surface area contributed by atoms with Gasteiger partial charge in [-0.2, -0.15) is 0 Å². The summed E-state index contributed by atoms with van der Waals surface area (Å²) in [5.41, 5.74) is 0.724. The van der Waals surface area contributed by atoms with Crippen molar-refractivity contribution in [2.45, 2.75) is 6.92 Å². The standard InChI is InChI=1S/C10H12BrNO3/c1-3-15-10-4-7(6-12-13)8(11)5-9(10)14-2/h4-6,13H,3H2,1-2H3. The van der Waals surface area contributed by atoms with Crippen molar-refractivity contribution in [1.29, 1.82) is 0 Å². The van der Waals surface area contributed by atoms with Crippen LogP contribution >= 0.6 is 15.9 Å². The predicted octanol–water partition coefficient (Wildman–Crippen LogP) is 2.66. The number of halogens is 1. The van der Waals surface area contributed by atoms with E-state index in [0.29, 0.717) is 18.1 Å². The van der Waals surface area contributed by atoms with Crippen LogP contribution in [0.15, 0.2) is 21.8 Å². The molecule has 0 saturated carbocycles. The maximum atomic E-state index is 8.47. The van der Waals surface area contributed by atoms with Crippen molar-refractivity contribution in [2.24, 2.45) is 5.16 Å². The Bertz CT molecular complexity index is 366. The molecule has 0 radical (unpaired) electrons. The molecule has 0 bridgehead atoms. The Morgan fingerprint density at radius 2 is 2.20 bits per heavy atom. The Morgan fingerprint density at radius 1 is 1.47 bits per heavy atom. The Kier molecular flexibility index (Phi) is 4.42. The van der Waals surface area contributed by atoms with Gasteiger partial charge < -0.3 is 14.7 Å². The molecule has 0 aromatic heterocycles. The van der Waals surface area contributed by atoms with Gasteiger partial charge in [0, 0.05) is 10.0 Å². The molecule has 1 N–H and O–H groups in total. The van der Waals surface area contributed by atoms with Crippen molar-refractivity contribution in [2.75, 3.05) is 13.7 Å². The Labute approximate surface area is 96.6 Å². The highest BCUT2D eigenvalue weighted by atomic mass is 79.9. The lowest BCUT2D eigenvalue weighted by atomic mass is 10.2. The normalized spacial score (nSPS) is 10.6. The van der Waals surface area contributed by atoms with E-state index < -0.39 is 0 Å². The van der Waals surface area contributed by atoms with Gasteiger partial charge in [0.1, 0.15) is 0 Å². The van der Waals surface area contributed by atoms with E-state index in [1.807, 2.05) is 6.92 Å². The number of hydrogen-bond donors (Lipinski definition) is 1. The lowest BCUT2D eigenvalue weighted by Gasteiger charge is -2.10. The van der Waals surface area contributed by atoms with E-state index >= 15 is 0 Å². The highest BCUT2D eigenvalue weighted by Gasteiger charge is 2.08. The van der Waals surface area contributed by atoms with Crippen molar-refractivity contribution in [3.05, 3.63) is 22.2 Å². The first-order chi connectivity index (χ1) is 7.22. The van der Waals surface area contributed by atoms with Gasteiger partial charge in [0.05, 0.1) is 19.9 Å². The molecule has 1 rings (SSSR count). The number of nitrogens with zero attached hydrogens (tertiary/aromatic N) is 1. The molecular weight excluding hydrogens is 262 g/mol. The van der Waals surface area contributed by atoms with Crippen LogP contribution in [-0.2, 0) is 0 Å². The highest BCUT2D eigenvalue weighted by Crippen LogP contribution is 2.32. The first-order valence-corrected chi connectivity index (χ1v) is 5.20. The first kappa shape index (κ1) is 11.8. The smallest absolute Gasteiger partial charge is 0.161 e. The molecule has 4 nitrogen and oxygen atoms in total. The van der Waals surface area contributed by atoms with E-state index in [-0.39, 0.29) is 0 Å². The summed E-state index contributed by atoms with van der Waals surface area (Å²) < 4.78 is 11.3. The summed E-state index contributed by atoms with van der Waals surface area (Å²) >= 11 is 3.34. The largest absolute Gasteiger partial charge is 0.493 e. The SMILES string of the molecule is CCOc1cc(C=NO)c(Br)cc1OC. The Hall–Kier alpha value is -1.23. The molecule has 0 saturated heterocycles. The number of rotatable bonds is 4. The van der Waals surface area contributed by atoms with E-state index in [9.17, 15) is 0 Å². The molecule has 0 aliphatic rings. The Morgan fingerprint density at radius 3 is 2.73 bits per heavy atom. The fourth-order valence-corrected chi connectivity index (χ4v) is 1.56. The fraction of sp³-hybridized carbons (Fsp3) is 0.300. The summed E-state index contributed by atoms with van der Waals surface area (Å²) in [6, 6.07) is 3.51. The van der Waals surface area contributed by atoms with Crippen LogP contribution in [0.5, 0.6) is 11.5 Å². The molecule has 0 heterocycles. The molecule has 5 heteroatoms. The third kappa shape index (κ3) is 2.86. The summed E-state index contributed by atoms with van der Waals surface area (Å²) in [7, 11) is 1.57. The van der Waals surface area contributed by atoms with Crippen LogP contribution < -0.4 is 9.47 Å². The molecule has 0 unspecified atom stereocenters. The second-order valence-electron chi connectivity index (χ2n) is 2.70. The van der Waals surface area contributed by atoms with Crippen LogP contribution in [0, 0.1) is 0 Å². The summed E-state index contributed by atoms with van der Waals surface area (Å²) in [6.45, 7) is 2.44. The second-order valence-corrected chi connectivity index (χ2v) is 3.56. The topological polar surface area (TPSA) is 51.0 Å². The van der Waals surface area contributed by atoms with Gasteiger partial charge in [0.15, 0.2) is 11.5 Å². The van der Waals surface area contributed by atoms with Crippen molar-refractivity contribution in [3.8, 4) is 11.5 Å². The van der Waals surface area contributed by atoms with Gasteiger partial charge in [-0.3, -0.25) is 0 Å². The highest BCUT2D eigenvalue weighted by molar-refractivity contribution is 9.10. The van der Waals surface area contributed by atoms with Gasteiger partial charge >= 0.3 is 0 Å². The van der Waals surface area contributed by atoms with E-state index in [4.69, 9.17) is 14.7 Å². The molecule has 15 heavy (non-hydrogen) atoms. The zero-order valence-electron chi connectivity index (χ0n) is 8.53. The zero-order chi connectivity index (χ0) is 11.3. The maximum Gasteiger partial charge on any atom is 0.161 e. The van der Waals surface area contributed by atoms with Crippen molar-refractivity contribution in [3.63, 3.8) is 0 Å². The first-order valence-electron chi connectivity index (χ1n) is 4.40. The third-order valence-electron chi connectivity index (χ3n) is 1.78. The van der Waals surface area contributed by atoms with Crippen molar-refractivity contribution in [1.82, 2.24) is 0 Å². The van der Waals surface area contributed by atoms with Gasteiger partial charge in [0.25, 0.3) is 0 Å². The maximum absolute atomic E-state index is 8.47. The second kappa shape index (κ2) is 5.60. The monoisotopic (exact) mass is 273 g/mol. The minimum atomic E-state index is 0.549. The molecule has 0 atom stereocenters. The van der Waals surface area contributed by atoms with Crippen LogP contribution in [0.2, 0.25) is 0 Å². The average molecular weight is 274 g/mol. The van der Waals surface area contributed by atoms with E-state index in [1.165, 1.54) is 6.21 Å². The molecule has 0 spiro atoms. The van der Waals surface area contributed by atoms with E-state index in [1.54, 1.807) is 19.2 Å². The quantitative estimate of drug-likeness (QED) is 0.521. The third-order valence-corrected chi connectivity index (χ3v) is 2.47. The van der Waals surface area contributed by atoms with E-state index in [2.05, 4.69) is 21.1 Å². The molecule has 82 valence electrons. The van der Waals surface area contributed by atoms with E-state index in [0.717, 1.165) is 10.0 Å². The minimum absolute atomic E-state index is 0.549. The van der Waals surface area contributed by atoms with Crippen LogP contribution in [0.25, 0.3) is 0 Å². The molecule has 0 aliphatic heterocycles. The van der Waals surface area contributed by atoms with Crippen LogP contribution in [-0.4, -0.2) is 25.1 Å². The summed E-state index contributed by atoms with van der Waals surface area (Å²) in [5, 5.41) is 11.4. The van der Waals surface area contributed by atoms with Crippen LogP contribution in [0.1, 0.15) is 12.5 Å². The average Bonchev–Trinajstić information content (AvgIpc) is 2.23. The van der Waals surface area contributed by atoms with Gasteiger partial charge in [-0.1, -0.05) is 5.16 Å². The predicted molar refractivity (Wildman–Crippen MR) is 61.2 cm³/mol. The zero-order valence-corrected chi connectivity index (χ0v) is 10.1. The van der Waals surface area contributed by atoms with Gasteiger partial charge in [-0.15, -0.1) is 0 Å². The van der Waals surface area contributed by atoms with Crippen LogP contribution in [0.3, 0.4) is 0 Å². The minimum Gasteiger partial charge on any atom is -0.493 e. The summed E-state index contributed by atoms with van der Waals surface area (Å²) in [4.78, 5) is 0. The molecule has 0 amide bonds.